The first-order valence-corrected chi connectivity index (χ1v) is 9.32. The zero-order valence-corrected chi connectivity index (χ0v) is 18.3. The summed E-state index contributed by atoms with van der Waals surface area (Å²) in [7, 11) is 1.88. The topological polar surface area (TPSA) is 36.9 Å². The summed E-state index contributed by atoms with van der Waals surface area (Å²) in [4.78, 5) is 6.87. The van der Waals surface area contributed by atoms with Gasteiger partial charge in [0.15, 0.2) is 5.96 Å². The Kier molecular flexibility index (Phi) is 7.81. The van der Waals surface area contributed by atoms with E-state index >= 15 is 0 Å². The number of likely N-dealkylation sites (tertiary alicyclic amines) is 1. The minimum atomic E-state index is 0. The van der Waals surface area contributed by atoms with Gasteiger partial charge in [-0.25, -0.2) is 0 Å². The number of nitrogens with zero attached hydrogens (tertiary/aromatic N) is 2. The zero-order chi connectivity index (χ0) is 16.2. The SMILES string of the molecule is CCOCC1CCN(C(=NC)NC2CC2c2ccc(Br)cc2)C1.I. The van der Waals surface area contributed by atoms with Crippen LogP contribution in [0, 0.1) is 5.92 Å². The van der Waals surface area contributed by atoms with Crippen molar-refractivity contribution in [3.63, 3.8) is 0 Å². The number of rotatable bonds is 5. The number of halogens is 2. The molecule has 1 heterocycles. The third-order valence-corrected chi connectivity index (χ3v) is 5.29. The lowest BCUT2D eigenvalue weighted by Crippen LogP contribution is -2.41. The van der Waals surface area contributed by atoms with Gasteiger partial charge in [-0.15, -0.1) is 24.0 Å². The van der Waals surface area contributed by atoms with Crippen molar-refractivity contribution in [2.24, 2.45) is 10.9 Å². The predicted octanol–water partition coefficient (Wildman–Crippen LogP) is 3.86. The molecule has 134 valence electrons. The number of benzene rings is 1. The van der Waals surface area contributed by atoms with Crippen molar-refractivity contribution >= 4 is 45.9 Å². The van der Waals surface area contributed by atoms with Crippen LogP contribution in [0.4, 0.5) is 0 Å². The molecule has 4 nitrogen and oxygen atoms in total. The molecule has 2 fully saturated rings. The Morgan fingerprint density at radius 1 is 1.38 bits per heavy atom. The molecule has 1 saturated heterocycles. The van der Waals surface area contributed by atoms with Gasteiger partial charge >= 0.3 is 0 Å². The third-order valence-electron chi connectivity index (χ3n) is 4.76. The fraction of sp³-hybridized carbons (Fsp3) is 0.611. The monoisotopic (exact) mass is 507 g/mol. The van der Waals surface area contributed by atoms with Gasteiger partial charge in [0.2, 0.25) is 0 Å². The molecule has 1 aromatic carbocycles. The molecule has 3 rings (SSSR count). The van der Waals surface area contributed by atoms with Gasteiger partial charge in [-0.2, -0.15) is 0 Å². The van der Waals surface area contributed by atoms with Gasteiger partial charge in [-0.05, 0) is 37.5 Å². The highest BCUT2D eigenvalue weighted by Crippen LogP contribution is 2.41. The molecule has 0 spiro atoms. The lowest BCUT2D eigenvalue weighted by molar-refractivity contribution is 0.114. The zero-order valence-electron chi connectivity index (χ0n) is 14.4. The largest absolute Gasteiger partial charge is 0.381 e. The van der Waals surface area contributed by atoms with E-state index in [-0.39, 0.29) is 24.0 Å². The van der Waals surface area contributed by atoms with E-state index in [4.69, 9.17) is 4.74 Å². The quantitative estimate of drug-likeness (QED) is 0.373. The summed E-state index contributed by atoms with van der Waals surface area (Å²) < 4.78 is 6.70. The summed E-state index contributed by atoms with van der Waals surface area (Å²) in [6.07, 6.45) is 2.39. The molecule has 1 saturated carbocycles. The summed E-state index contributed by atoms with van der Waals surface area (Å²) in [5, 5.41) is 3.65. The van der Waals surface area contributed by atoms with Gasteiger partial charge < -0.3 is 15.0 Å². The van der Waals surface area contributed by atoms with Crippen LogP contribution in [0.3, 0.4) is 0 Å². The maximum atomic E-state index is 5.57. The maximum absolute atomic E-state index is 5.57. The Bertz CT molecular complexity index is 552. The second kappa shape index (κ2) is 9.38. The fourth-order valence-electron chi connectivity index (χ4n) is 3.34. The van der Waals surface area contributed by atoms with Crippen LogP contribution in [-0.2, 0) is 4.74 Å². The van der Waals surface area contributed by atoms with E-state index in [9.17, 15) is 0 Å². The first-order chi connectivity index (χ1) is 11.2. The average Bonchev–Trinajstić information content (AvgIpc) is 3.18. The highest BCUT2D eigenvalue weighted by atomic mass is 127. The molecule has 2 aliphatic rings. The summed E-state index contributed by atoms with van der Waals surface area (Å²) in [6, 6.07) is 9.19. The number of nitrogens with one attached hydrogen (secondary N) is 1. The molecule has 0 amide bonds. The lowest BCUT2D eigenvalue weighted by Gasteiger charge is -2.22. The second-order valence-corrected chi connectivity index (χ2v) is 7.37. The minimum absolute atomic E-state index is 0. The molecule has 0 bridgehead atoms. The van der Waals surface area contributed by atoms with Crippen LogP contribution in [-0.4, -0.2) is 50.3 Å². The van der Waals surface area contributed by atoms with Gasteiger partial charge in [0.05, 0.1) is 6.61 Å². The second-order valence-electron chi connectivity index (χ2n) is 6.45. The van der Waals surface area contributed by atoms with Crippen LogP contribution < -0.4 is 5.32 Å². The van der Waals surface area contributed by atoms with Crippen molar-refractivity contribution in [2.75, 3.05) is 33.4 Å². The summed E-state index contributed by atoms with van der Waals surface area (Å²) in [6.45, 7) is 5.86. The molecule has 0 aromatic heterocycles. The van der Waals surface area contributed by atoms with Crippen molar-refractivity contribution in [1.29, 1.82) is 0 Å². The molecule has 1 aromatic rings. The van der Waals surface area contributed by atoms with Crippen LogP contribution in [0.5, 0.6) is 0 Å². The van der Waals surface area contributed by atoms with Crippen LogP contribution in [0.1, 0.15) is 31.2 Å². The molecule has 3 unspecified atom stereocenters. The standard InChI is InChI=1S/C18H26BrN3O.HI/c1-3-23-12-13-8-9-22(11-13)18(20-2)21-17-10-16(17)14-4-6-15(19)7-5-14;/h4-7,13,16-17H,3,8-12H2,1-2H3,(H,20,21);1H. The van der Waals surface area contributed by atoms with E-state index in [0.717, 1.165) is 36.7 Å². The van der Waals surface area contributed by atoms with E-state index in [1.165, 1.54) is 18.4 Å². The summed E-state index contributed by atoms with van der Waals surface area (Å²) >= 11 is 3.50. The van der Waals surface area contributed by atoms with Crippen molar-refractivity contribution in [1.82, 2.24) is 10.2 Å². The number of hydrogen-bond acceptors (Lipinski definition) is 2. The smallest absolute Gasteiger partial charge is 0.193 e. The van der Waals surface area contributed by atoms with Gasteiger partial charge in [0, 0.05) is 49.1 Å². The Morgan fingerprint density at radius 2 is 2.12 bits per heavy atom. The molecule has 1 N–H and O–H groups in total. The number of ether oxygens (including phenoxy) is 1. The molecular weight excluding hydrogens is 481 g/mol. The van der Waals surface area contributed by atoms with Crippen LogP contribution >= 0.6 is 39.9 Å². The van der Waals surface area contributed by atoms with E-state index < -0.39 is 0 Å². The van der Waals surface area contributed by atoms with E-state index in [1.54, 1.807) is 0 Å². The Balaban J connectivity index is 0.00000208. The first kappa shape index (κ1) is 20.0. The number of guanidine groups is 1. The average molecular weight is 508 g/mol. The van der Waals surface area contributed by atoms with Crippen LogP contribution in [0.15, 0.2) is 33.7 Å². The third kappa shape index (κ3) is 5.08. The van der Waals surface area contributed by atoms with Gasteiger partial charge in [-0.1, -0.05) is 28.1 Å². The summed E-state index contributed by atoms with van der Waals surface area (Å²) in [5.41, 5.74) is 1.41. The van der Waals surface area contributed by atoms with E-state index in [1.807, 2.05) is 7.05 Å². The molecule has 24 heavy (non-hydrogen) atoms. The Hall–Kier alpha value is -0.340. The van der Waals surface area contributed by atoms with E-state index in [2.05, 4.69) is 62.3 Å². The van der Waals surface area contributed by atoms with Crippen LogP contribution in [0.2, 0.25) is 0 Å². The van der Waals surface area contributed by atoms with Crippen molar-refractivity contribution in [3.05, 3.63) is 34.3 Å². The normalized spacial score (nSPS) is 26.2. The van der Waals surface area contributed by atoms with Crippen molar-refractivity contribution in [3.8, 4) is 0 Å². The molecule has 0 radical (unpaired) electrons. The van der Waals surface area contributed by atoms with Crippen molar-refractivity contribution < 1.29 is 4.74 Å². The molecule has 3 atom stereocenters. The van der Waals surface area contributed by atoms with Crippen LogP contribution in [0.25, 0.3) is 0 Å². The van der Waals surface area contributed by atoms with Gasteiger partial charge in [-0.3, -0.25) is 4.99 Å². The minimum Gasteiger partial charge on any atom is -0.381 e. The molecule has 1 aliphatic carbocycles. The highest BCUT2D eigenvalue weighted by molar-refractivity contribution is 14.0. The number of hydrogen-bond donors (Lipinski definition) is 1. The Morgan fingerprint density at radius 3 is 2.79 bits per heavy atom. The Labute approximate surface area is 170 Å². The lowest BCUT2D eigenvalue weighted by atomic mass is 10.1. The van der Waals surface area contributed by atoms with E-state index in [0.29, 0.717) is 17.9 Å². The van der Waals surface area contributed by atoms with Crippen molar-refractivity contribution in [2.45, 2.75) is 31.7 Å². The molecule has 1 aliphatic heterocycles. The molecule has 6 heteroatoms. The highest BCUT2D eigenvalue weighted by Gasteiger charge is 2.40. The van der Waals surface area contributed by atoms with Gasteiger partial charge in [0.1, 0.15) is 0 Å². The molecular formula is C18H27BrIN3O. The fourth-order valence-corrected chi connectivity index (χ4v) is 3.61. The van der Waals surface area contributed by atoms with Gasteiger partial charge in [0.25, 0.3) is 0 Å². The summed E-state index contributed by atoms with van der Waals surface area (Å²) in [5.74, 6) is 2.30. The predicted molar refractivity (Wildman–Crippen MR) is 113 cm³/mol. The number of aliphatic imine (C=N–C) groups is 1. The maximum Gasteiger partial charge on any atom is 0.193 e. The first-order valence-electron chi connectivity index (χ1n) is 8.52.